The van der Waals surface area contributed by atoms with Crippen LogP contribution in [0, 0.1) is 0 Å². The third-order valence-electron chi connectivity index (χ3n) is 7.20. The first-order chi connectivity index (χ1) is 18.5. The molecule has 2 aliphatic rings. The number of nitrogens with two attached hydrogens (primary N) is 1. The van der Waals surface area contributed by atoms with Crippen LogP contribution in [0.15, 0.2) is 47.4 Å². The largest absolute Gasteiger partial charge is 0.366 e. The van der Waals surface area contributed by atoms with Gasteiger partial charge in [-0.25, -0.2) is 4.31 Å². The van der Waals surface area contributed by atoms with Gasteiger partial charge in [-0.2, -0.15) is 13.8 Å². The number of nitrogens with zero attached hydrogens (tertiary/aromatic N) is 5. The predicted octanol–water partition coefficient (Wildman–Crippen LogP) is 2.91. The monoisotopic (exact) mass is 548 g/mol. The highest BCUT2D eigenvalue weighted by atomic mass is 32.2. The van der Waals surface area contributed by atoms with Crippen LogP contribution >= 0.6 is 23.7 Å². The molecule has 3 heterocycles. The molecule has 0 atom stereocenters. The number of hydrogen-bond acceptors (Lipinski definition) is 9. The van der Waals surface area contributed by atoms with E-state index in [0.717, 1.165) is 59.5 Å². The van der Waals surface area contributed by atoms with Crippen molar-refractivity contribution < 1.29 is 9.59 Å². The number of nitrogens with one attached hydrogen (secondary N) is 2. The topological polar surface area (TPSA) is 131 Å². The van der Waals surface area contributed by atoms with Crippen LogP contribution in [0.5, 0.6) is 0 Å². The van der Waals surface area contributed by atoms with Gasteiger partial charge >= 0.3 is 0 Å². The van der Waals surface area contributed by atoms with Crippen LogP contribution < -0.4 is 16.4 Å². The standard InChI is InChI=1S/C26H28N8O2S2/c1-28-26(36)24-20-7-8-33(37-19-4-2-3-16(10-19)25(27)35)14-23(20)30-34(24)18-11-17(12-18)29-13-15-5-6-21-22(9-15)32-38-31-21/h2-6,9-10,17-18,29H,7-8,11-14H2,1H3,(H2,27,35)(H,28,36). The van der Waals surface area contributed by atoms with Crippen molar-refractivity contribution in [2.45, 2.75) is 49.3 Å². The summed E-state index contributed by atoms with van der Waals surface area (Å²) in [5.74, 6) is -0.524. The molecule has 6 rings (SSSR count). The molecule has 2 amide bonds. The van der Waals surface area contributed by atoms with Crippen molar-refractivity contribution in [1.29, 1.82) is 0 Å². The first-order valence-corrected chi connectivity index (χ1v) is 14.1. The van der Waals surface area contributed by atoms with Gasteiger partial charge in [0.25, 0.3) is 5.91 Å². The third kappa shape index (κ3) is 4.92. The maximum atomic E-state index is 12.9. The van der Waals surface area contributed by atoms with Crippen molar-refractivity contribution in [1.82, 2.24) is 33.5 Å². The van der Waals surface area contributed by atoms with E-state index in [1.54, 1.807) is 25.1 Å². The molecular weight excluding hydrogens is 520 g/mol. The quantitative estimate of drug-likeness (QED) is 0.287. The first kappa shape index (κ1) is 25.0. The van der Waals surface area contributed by atoms with Gasteiger partial charge in [0.2, 0.25) is 5.91 Å². The van der Waals surface area contributed by atoms with Crippen molar-refractivity contribution in [2.75, 3.05) is 13.6 Å². The average Bonchev–Trinajstić information content (AvgIpc) is 3.51. The van der Waals surface area contributed by atoms with Crippen LogP contribution in [0.3, 0.4) is 0 Å². The highest BCUT2D eigenvalue weighted by Gasteiger charge is 2.36. The van der Waals surface area contributed by atoms with E-state index >= 15 is 0 Å². The normalized spacial score (nSPS) is 19.2. The molecule has 0 unspecified atom stereocenters. The lowest BCUT2D eigenvalue weighted by Gasteiger charge is -2.37. The smallest absolute Gasteiger partial charge is 0.269 e. The van der Waals surface area contributed by atoms with E-state index in [-0.39, 0.29) is 11.9 Å². The SMILES string of the molecule is CNC(=O)c1c2c(nn1C1CC(NCc3ccc4nsnc4c3)C1)CN(Sc1cccc(C(N)=O)c1)CC2. The Bertz CT molecular complexity index is 1510. The van der Waals surface area contributed by atoms with Crippen molar-refractivity contribution in [3.05, 3.63) is 70.5 Å². The van der Waals surface area contributed by atoms with Gasteiger partial charge < -0.3 is 16.4 Å². The van der Waals surface area contributed by atoms with Crippen LogP contribution in [0.25, 0.3) is 11.0 Å². The maximum Gasteiger partial charge on any atom is 0.269 e. The van der Waals surface area contributed by atoms with Gasteiger partial charge in [0.05, 0.1) is 30.0 Å². The van der Waals surface area contributed by atoms with Gasteiger partial charge in [0.15, 0.2) is 0 Å². The lowest BCUT2D eigenvalue weighted by atomic mass is 9.86. The lowest BCUT2D eigenvalue weighted by Crippen LogP contribution is -2.43. The zero-order valence-electron chi connectivity index (χ0n) is 20.9. The Hall–Kier alpha value is -3.32. The maximum absolute atomic E-state index is 12.9. The number of aromatic nitrogens is 4. The van der Waals surface area contributed by atoms with E-state index < -0.39 is 5.91 Å². The van der Waals surface area contributed by atoms with Crippen LogP contribution in [0.1, 0.15) is 56.6 Å². The van der Waals surface area contributed by atoms with Crippen LogP contribution in [0.2, 0.25) is 0 Å². The molecule has 12 heteroatoms. The van der Waals surface area contributed by atoms with Gasteiger partial charge in [-0.05, 0) is 67.1 Å². The molecule has 1 aliphatic carbocycles. The second-order valence-corrected chi connectivity index (χ2v) is 11.4. The van der Waals surface area contributed by atoms with E-state index in [2.05, 4.69) is 35.8 Å². The highest BCUT2D eigenvalue weighted by molar-refractivity contribution is 7.97. The molecule has 1 aliphatic heterocycles. The van der Waals surface area contributed by atoms with Crippen molar-refractivity contribution >= 4 is 46.5 Å². The van der Waals surface area contributed by atoms with E-state index in [1.807, 2.05) is 28.9 Å². The Morgan fingerprint density at radius 3 is 2.82 bits per heavy atom. The lowest BCUT2D eigenvalue weighted by molar-refractivity contribution is 0.0938. The number of hydrogen-bond donors (Lipinski definition) is 3. The summed E-state index contributed by atoms with van der Waals surface area (Å²) in [5, 5.41) is 11.4. The zero-order chi connectivity index (χ0) is 26.2. The molecule has 196 valence electrons. The number of rotatable bonds is 8. The fourth-order valence-corrected chi connectivity index (χ4v) is 6.60. The average molecular weight is 549 g/mol. The van der Waals surface area contributed by atoms with Gasteiger partial charge in [-0.3, -0.25) is 14.3 Å². The molecule has 38 heavy (non-hydrogen) atoms. The predicted molar refractivity (Wildman–Crippen MR) is 147 cm³/mol. The summed E-state index contributed by atoms with van der Waals surface area (Å²) in [7, 11) is 1.67. The van der Waals surface area contributed by atoms with E-state index in [1.165, 1.54) is 17.3 Å². The number of carbonyl (C=O) groups is 2. The minimum atomic E-state index is -0.437. The third-order valence-corrected chi connectivity index (χ3v) is 8.79. The van der Waals surface area contributed by atoms with E-state index in [9.17, 15) is 9.59 Å². The Morgan fingerprint density at radius 1 is 1.16 bits per heavy atom. The Balaban J connectivity index is 1.12. The summed E-state index contributed by atoms with van der Waals surface area (Å²) < 4.78 is 12.8. The molecule has 2 aromatic carbocycles. The molecule has 10 nitrogen and oxygen atoms in total. The van der Waals surface area contributed by atoms with Crippen molar-refractivity contribution in [3.63, 3.8) is 0 Å². The Labute approximate surface area is 228 Å². The van der Waals surface area contributed by atoms with E-state index in [4.69, 9.17) is 10.8 Å². The molecule has 4 N–H and O–H groups in total. The first-order valence-electron chi connectivity index (χ1n) is 12.6. The Morgan fingerprint density at radius 2 is 2.00 bits per heavy atom. The number of carbonyl (C=O) groups excluding carboxylic acids is 2. The fraction of sp³-hybridized carbons (Fsp3) is 0.346. The summed E-state index contributed by atoms with van der Waals surface area (Å²) in [6, 6.07) is 14.1. The molecule has 0 bridgehead atoms. The molecule has 1 saturated carbocycles. The highest BCUT2D eigenvalue weighted by Crippen LogP contribution is 2.37. The van der Waals surface area contributed by atoms with Crippen LogP contribution in [-0.4, -0.2) is 54.3 Å². The second kappa shape index (κ2) is 10.4. The number of amides is 2. The van der Waals surface area contributed by atoms with Crippen LogP contribution in [0.4, 0.5) is 0 Å². The van der Waals surface area contributed by atoms with Crippen molar-refractivity contribution in [3.8, 4) is 0 Å². The minimum Gasteiger partial charge on any atom is -0.366 e. The second-order valence-electron chi connectivity index (χ2n) is 9.68. The number of fused-ring (bicyclic) bond motifs is 2. The summed E-state index contributed by atoms with van der Waals surface area (Å²) in [4.78, 5) is 25.4. The number of primary amides is 1. The molecule has 0 spiro atoms. The van der Waals surface area contributed by atoms with Gasteiger partial charge in [-0.15, -0.1) is 0 Å². The minimum absolute atomic E-state index is 0.0874. The summed E-state index contributed by atoms with van der Waals surface area (Å²) in [6.45, 7) is 2.17. The zero-order valence-corrected chi connectivity index (χ0v) is 22.5. The molecule has 0 saturated heterocycles. The number of benzene rings is 2. The summed E-state index contributed by atoms with van der Waals surface area (Å²) >= 11 is 2.82. The molecular formula is C26H28N8O2S2. The molecule has 4 aromatic rings. The van der Waals surface area contributed by atoms with Gasteiger partial charge in [-0.1, -0.05) is 12.1 Å². The van der Waals surface area contributed by atoms with E-state index in [0.29, 0.717) is 23.8 Å². The van der Waals surface area contributed by atoms with Gasteiger partial charge in [0.1, 0.15) is 16.7 Å². The summed E-state index contributed by atoms with van der Waals surface area (Å²) in [5.41, 5.74) is 11.7. The summed E-state index contributed by atoms with van der Waals surface area (Å²) in [6.07, 6.45) is 2.58. The Kier molecular flexibility index (Phi) is 6.87. The molecule has 1 fully saturated rings. The molecule has 2 aromatic heterocycles. The fourth-order valence-electron chi connectivity index (χ4n) is 5.10. The van der Waals surface area contributed by atoms with Gasteiger partial charge in [0, 0.05) is 42.2 Å². The molecule has 0 radical (unpaired) electrons. The van der Waals surface area contributed by atoms with Crippen LogP contribution in [-0.2, 0) is 19.5 Å². The van der Waals surface area contributed by atoms with Crippen molar-refractivity contribution in [2.24, 2.45) is 5.73 Å².